The number of hydrogen-bond donors (Lipinski definition) is 2. The Labute approximate surface area is 161 Å². The van der Waals surface area contributed by atoms with Crippen LogP contribution in [0.15, 0.2) is 18.2 Å². The van der Waals surface area contributed by atoms with Crippen molar-refractivity contribution < 1.29 is 19.7 Å². The highest BCUT2D eigenvalue weighted by molar-refractivity contribution is 5.97. The van der Waals surface area contributed by atoms with Gasteiger partial charge in [-0.2, -0.15) is 0 Å². The standard InChI is InChI=1S/C23H30O4/c1-12-5-6-17-19(7-12)23(27-11-15(4)25)20-16-8-13(2)18(9-16)21(20)22(17)26-10-14(3)24/h5-7,13-16,18,24-25H,8-11H2,1-4H3. The number of rotatable bonds is 6. The van der Waals surface area contributed by atoms with Crippen molar-refractivity contribution in [1.82, 2.24) is 0 Å². The molecule has 2 bridgehead atoms. The molecular formula is C23H30O4. The molecule has 0 aromatic heterocycles. The lowest BCUT2D eigenvalue weighted by atomic mass is 9.81. The van der Waals surface area contributed by atoms with Crippen molar-refractivity contribution in [2.24, 2.45) is 5.92 Å². The van der Waals surface area contributed by atoms with Crippen LogP contribution in [-0.4, -0.2) is 35.6 Å². The van der Waals surface area contributed by atoms with Gasteiger partial charge in [0.2, 0.25) is 0 Å². The predicted octanol–water partition coefficient (Wildman–Crippen LogP) is 4.28. The summed E-state index contributed by atoms with van der Waals surface area (Å²) in [5.74, 6) is 3.44. The Morgan fingerprint density at radius 1 is 0.963 bits per heavy atom. The van der Waals surface area contributed by atoms with Crippen LogP contribution < -0.4 is 9.47 Å². The Morgan fingerprint density at radius 3 is 2.22 bits per heavy atom. The van der Waals surface area contributed by atoms with Crippen molar-refractivity contribution in [2.75, 3.05) is 13.2 Å². The highest BCUT2D eigenvalue weighted by Crippen LogP contribution is 2.63. The van der Waals surface area contributed by atoms with E-state index in [-0.39, 0.29) is 13.2 Å². The van der Waals surface area contributed by atoms with E-state index in [1.54, 1.807) is 13.8 Å². The first-order chi connectivity index (χ1) is 12.9. The number of aryl methyl sites for hydroxylation is 1. The topological polar surface area (TPSA) is 58.9 Å². The highest BCUT2D eigenvalue weighted by atomic mass is 16.5. The molecule has 27 heavy (non-hydrogen) atoms. The quantitative estimate of drug-likeness (QED) is 0.797. The maximum Gasteiger partial charge on any atom is 0.131 e. The molecule has 0 amide bonds. The van der Waals surface area contributed by atoms with Crippen molar-refractivity contribution >= 4 is 10.8 Å². The fourth-order valence-corrected chi connectivity index (χ4v) is 4.96. The fourth-order valence-electron chi connectivity index (χ4n) is 4.96. The maximum atomic E-state index is 9.79. The zero-order valence-electron chi connectivity index (χ0n) is 16.7. The van der Waals surface area contributed by atoms with Gasteiger partial charge in [0, 0.05) is 21.9 Å². The molecule has 0 aliphatic heterocycles. The van der Waals surface area contributed by atoms with Crippen LogP contribution >= 0.6 is 0 Å². The minimum Gasteiger partial charge on any atom is -0.490 e. The molecule has 2 aromatic carbocycles. The summed E-state index contributed by atoms with van der Waals surface area (Å²) in [5.41, 5.74) is 3.72. The summed E-state index contributed by atoms with van der Waals surface area (Å²) in [6.45, 7) is 8.48. The second-order valence-corrected chi connectivity index (χ2v) is 8.61. The fraction of sp³-hybridized carbons (Fsp3) is 0.565. The van der Waals surface area contributed by atoms with Gasteiger partial charge in [0.1, 0.15) is 24.7 Å². The lowest BCUT2D eigenvalue weighted by Gasteiger charge is -2.28. The van der Waals surface area contributed by atoms with Gasteiger partial charge in [0.05, 0.1) is 12.2 Å². The van der Waals surface area contributed by atoms with Gasteiger partial charge < -0.3 is 19.7 Å². The summed E-state index contributed by atoms with van der Waals surface area (Å²) < 4.78 is 12.4. The van der Waals surface area contributed by atoms with E-state index in [4.69, 9.17) is 9.47 Å². The number of ether oxygens (including phenoxy) is 2. The van der Waals surface area contributed by atoms with E-state index in [1.165, 1.54) is 23.1 Å². The number of hydrogen-bond acceptors (Lipinski definition) is 4. The van der Waals surface area contributed by atoms with E-state index < -0.39 is 12.2 Å². The minimum atomic E-state index is -0.511. The highest BCUT2D eigenvalue weighted by Gasteiger charge is 2.46. The van der Waals surface area contributed by atoms with Gasteiger partial charge in [-0.05, 0) is 57.4 Å². The molecule has 2 aliphatic carbocycles. The Hall–Kier alpha value is -1.78. The molecule has 0 saturated heterocycles. The Kier molecular flexibility index (Phi) is 4.81. The number of aliphatic hydroxyl groups is 2. The molecule has 4 nitrogen and oxygen atoms in total. The van der Waals surface area contributed by atoms with E-state index in [1.807, 2.05) is 0 Å². The van der Waals surface area contributed by atoms with Crippen LogP contribution in [-0.2, 0) is 0 Å². The van der Waals surface area contributed by atoms with Crippen LogP contribution in [0.25, 0.3) is 10.8 Å². The minimum absolute atomic E-state index is 0.287. The van der Waals surface area contributed by atoms with Crippen molar-refractivity contribution in [3.63, 3.8) is 0 Å². The third-order valence-electron chi connectivity index (χ3n) is 6.04. The maximum absolute atomic E-state index is 9.79. The Balaban J connectivity index is 1.95. The number of fused-ring (bicyclic) bond motifs is 6. The van der Waals surface area contributed by atoms with Crippen molar-refractivity contribution in [3.05, 3.63) is 34.9 Å². The molecule has 2 N–H and O–H groups in total. The van der Waals surface area contributed by atoms with Gasteiger partial charge >= 0.3 is 0 Å². The van der Waals surface area contributed by atoms with Crippen LogP contribution in [0.3, 0.4) is 0 Å². The van der Waals surface area contributed by atoms with E-state index in [9.17, 15) is 10.2 Å². The summed E-state index contributed by atoms with van der Waals surface area (Å²) in [7, 11) is 0. The third-order valence-corrected chi connectivity index (χ3v) is 6.04. The van der Waals surface area contributed by atoms with E-state index >= 15 is 0 Å². The van der Waals surface area contributed by atoms with Crippen molar-refractivity contribution in [2.45, 2.75) is 64.6 Å². The predicted molar refractivity (Wildman–Crippen MR) is 107 cm³/mol. The van der Waals surface area contributed by atoms with Crippen LogP contribution in [0.1, 0.15) is 62.1 Å². The van der Waals surface area contributed by atoms with Crippen LogP contribution in [0.2, 0.25) is 0 Å². The first-order valence-electron chi connectivity index (χ1n) is 10.1. The van der Waals surface area contributed by atoms with Crippen LogP contribution in [0.4, 0.5) is 0 Å². The van der Waals surface area contributed by atoms with Gasteiger partial charge in [-0.25, -0.2) is 0 Å². The van der Waals surface area contributed by atoms with E-state index in [0.717, 1.165) is 28.7 Å². The summed E-state index contributed by atoms with van der Waals surface area (Å²) in [5, 5.41) is 21.7. The third kappa shape index (κ3) is 3.19. The first kappa shape index (κ1) is 18.6. The zero-order valence-corrected chi connectivity index (χ0v) is 16.7. The lowest BCUT2D eigenvalue weighted by Crippen LogP contribution is -2.18. The lowest BCUT2D eigenvalue weighted by molar-refractivity contribution is 0.120. The molecule has 1 fully saturated rings. The number of aliphatic hydroxyl groups excluding tert-OH is 2. The smallest absolute Gasteiger partial charge is 0.131 e. The monoisotopic (exact) mass is 370 g/mol. The van der Waals surface area contributed by atoms with E-state index in [0.29, 0.717) is 17.8 Å². The zero-order chi connectivity index (χ0) is 19.3. The Morgan fingerprint density at radius 2 is 1.59 bits per heavy atom. The average molecular weight is 370 g/mol. The summed E-state index contributed by atoms with van der Waals surface area (Å²) in [6, 6.07) is 6.35. The second kappa shape index (κ2) is 6.99. The van der Waals surface area contributed by atoms with Gasteiger partial charge in [0.15, 0.2) is 0 Å². The Bertz CT molecular complexity index is 855. The second-order valence-electron chi connectivity index (χ2n) is 8.61. The van der Waals surface area contributed by atoms with Gasteiger partial charge in [-0.1, -0.05) is 24.6 Å². The molecule has 4 heteroatoms. The van der Waals surface area contributed by atoms with Crippen molar-refractivity contribution in [3.8, 4) is 11.5 Å². The van der Waals surface area contributed by atoms with Crippen molar-refractivity contribution in [1.29, 1.82) is 0 Å². The van der Waals surface area contributed by atoms with Crippen LogP contribution in [0, 0.1) is 12.8 Å². The average Bonchev–Trinajstić information content (AvgIpc) is 3.15. The molecule has 5 unspecified atom stereocenters. The number of benzene rings is 2. The summed E-state index contributed by atoms with van der Waals surface area (Å²) >= 11 is 0. The SMILES string of the molecule is Cc1ccc2c(OCC(C)O)c3c(c(OCC(C)O)c2c1)C1CC(C)C3C1. The first-order valence-corrected chi connectivity index (χ1v) is 10.1. The summed E-state index contributed by atoms with van der Waals surface area (Å²) in [4.78, 5) is 0. The molecule has 0 radical (unpaired) electrons. The van der Waals surface area contributed by atoms with Gasteiger partial charge in [-0.3, -0.25) is 0 Å². The normalized spacial score (nSPS) is 25.5. The molecule has 2 aromatic rings. The molecule has 5 atom stereocenters. The summed E-state index contributed by atoms with van der Waals surface area (Å²) in [6.07, 6.45) is 1.30. The largest absolute Gasteiger partial charge is 0.490 e. The molecule has 4 rings (SSSR count). The van der Waals surface area contributed by atoms with Crippen LogP contribution in [0.5, 0.6) is 11.5 Å². The van der Waals surface area contributed by atoms with Gasteiger partial charge in [0.25, 0.3) is 0 Å². The molecule has 0 spiro atoms. The molecular weight excluding hydrogens is 340 g/mol. The molecule has 1 saturated carbocycles. The van der Waals surface area contributed by atoms with Gasteiger partial charge in [-0.15, -0.1) is 0 Å². The molecule has 146 valence electrons. The molecule has 2 aliphatic rings. The van der Waals surface area contributed by atoms with E-state index in [2.05, 4.69) is 32.0 Å². The molecule has 0 heterocycles.